The van der Waals surface area contributed by atoms with Gasteiger partial charge in [-0.05, 0) is 32.7 Å². The molecule has 2 N–H and O–H groups in total. The Morgan fingerprint density at radius 2 is 2.21 bits per heavy atom. The fourth-order valence-corrected chi connectivity index (χ4v) is 1.24. The van der Waals surface area contributed by atoms with Crippen LogP contribution in [0.15, 0.2) is 0 Å². The van der Waals surface area contributed by atoms with Crippen LogP contribution in [0, 0.1) is 0 Å². The van der Waals surface area contributed by atoms with Gasteiger partial charge in [0.25, 0.3) is 0 Å². The van der Waals surface area contributed by atoms with Gasteiger partial charge in [-0.3, -0.25) is 4.79 Å². The zero-order valence-corrected chi connectivity index (χ0v) is 9.30. The van der Waals surface area contributed by atoms with Crippen molar-refractivity contribution in [2.45, 2.75) is 38.6 Å². The summed E-state index contributed by atoms with van der Waals surface area (Å²) in [5.41, 5.74) is -0.811. The highest BCUT2D eigenvalue weighted by Crippen LogP contribution is 2.12. The molecule has 0 bridgehead atoms. The van der Waals surface area contributed by atoms with Gasteiger partial charge in [-0.1, -0.05) is 6.92 Å². The van der Waals surface area contributed by atoms with Crippen LogP contribution in [0.5, 0.6) is 0 Å². The number of hydrogen-bond acceptors (Lipinski definition) is 3. The van der Waals surface area contributed by atoms with Gasteiger partial charge in [0.05, 0.1) is 0 Å². The summed E-state index contributed by atoms with van der Waals surface area (Å²) in [6, 6.07) is 0. The van der Waals surface area contributed by atoms with E-state index in [9.17, 15) is 4.79 Å². The van der Waals surface area contributed by atoms with Gasteiger partial charge in [-0.2, -0.15) is 0 Å². The van der Waals surface area contributed by atoms with Crippen molar-refractivity contribution >= 4 is 5.97 Å². The van der Waals surface area contributed by atoms with Crippen molar-refractivity contribution in [3.05, 3.63) is 0 Å². The van der Waals surface area contributed by atoms with Gasteiger partial charge in [0, 0.05) is 13.7 Å². The highest BCUT2D eigenvalue weighted by atomic mass is 16.5. The van der Waals surface area contributed by atoms with Crippen LogP contribution in [0.4, 0.5) is 0 Å². The zero-order valence-electron chi connectivity index (χ0n) is 9.30. The van der Waals surface area contributed by atoms with E-state index < -0.39 is 11.5 Å². The van der Waals surface area contributed by atoms with Crippen LogP contribution >= 0.6 is 0 Å². The molecule has 0 fully saturated rings. The molecule has 0 aliphatic rings. The van der Waals surface area contributed by atoms with Crippen molar-refractivity contribution in [1.82, 2.24) is 5.32 Å². The van der Waals surface area contributed by atoms with Crippen molar-refractivity contribution in [3.63, 3.8) is 0 Å². The Morgan fingerprint density at radius 1 is 1.57 bits per heavy atom. The van der Waals surface area contributed by atoms with Gasteiger partial charge in [0.2, 0.25) is 0 Å². The van der Waals surface area contributed by atoms with E-state index in [2.05, 4.69) is 5.32 Å². The Kier molecular flexibility index (Phi) is 6.49. The molecule has 1 atom stereocenters. The number of aliphatic carboxylic acids is 1. The first-order valence-electron chi connectivity index (χ1n) is 5.04. The molecule has 84 valence electrons. The molecule has 0 rings (SSSR count). The molecule has 0 aromatic carbocycles. The lowest BCUT2D eigenvalue weighted by Gasteiger charge is -2.26. The molecular weight excluding hydrogens is 182 g/mol. The zero-order chi connectivity index (χ0) is 11.0. The predicted octanol–water partition coefficient (Wildman–Crippen LogP) is 1.26. The second-order valence-electron chi connectivity index (χ2n) is 3.66. The molecular formula is C10H21NO3. The molecule has 1 unspecified atom stereocenters. The van der Waals surface area contributed by atoms with E-state index in [1.165, 1.54) is 0 Å². The SMILES string of the molecule is CCCNC(C)(CCCOC)C(=O)O. The van der Waals surface area contributed by atoms with Gasteiger partial charge < -0.3 is 15.2 Å². The molecule has 0 saturated carbocycles. The largest absolute Gasteiger partial charge is 0.480 e. The van der Waals surface area contributed by atoms with E-state index >= 15 is 0 Å². The lowest BCUT2D eigenvalue weighted by Crippen LogP contribution is -2.49. The Hall–Kier alpha value is -0.610. The summed E-state index contributed by atoms with van der Waals surface area (Å²) in [6.07, 6.45) is 2.29. The standard InChI is InChI=1S/C10H21NO3/c1-4-7-11-10(2,9(12)13)6-5-8-14-3/h11H,4-8H2,1-3H3,(H,12,13). The van der Waals surface area contributed by atoms with Gasteiger partial charge >= 0.3 is 5.97 Å². The fourth-order valence-electron chi connectivity index (χ4n) is 1.24. The Labute approximate surface area is 85.6 Å². The van der Waals surface area contributed by atoms with E-state index in [4.69, 9.17) is 9.84 Å². The highest BCUT2D eigenvalue weighted by molar-refractivity contribution is 5.78. The maximum Gasteiger partial charge on any atom is 0.323 e. The van der Waals surface area contributed by atoms with Crippen LogP contribution in [0.1, 0.15) is 33.1 Å². The van der Waals surface area contributed by atoms with Gasteiger partial charge in [-0.25, -0.2) is 0 Å². The van der Waals surface area contributed by atoms with Crippen LogP contribution in [0.3, 0.4) is 0 Å². The fraction of sp³-hybridized carbons (Fsp3) is 0.900. The van der Waals surface area contributed by atoms with E-state index in [0.29, 0.717) is 13.0 Å². The predicted molar refractivity (Wildman–Crippen MR) is 55.4 cm³/mol. The van der Waals surface area contributed by atoms with Gasteiger partial charge in [-0.15, -0.1) is 0 Å². The molecule has 0 aromatic rings. The summed E-state index contributed by atoms with van der Waals surface area (Å²) in [7, 11) is 1.62. The number of carboxylic acids is 1. The Bertz CT molecular complexity index is 173. The van der Waals surface area contributed by atoms with Crippen molar-refractivity contribution < 1.29 is 14.6 Å². The number of nitrogens with one attached hydrogen (secondary N) is 1. The molecule has 0 heterocycles. The average Bonchev–Trinajstić information content (AvgIpc) is 2.15. The maximum absolute atomic E-state index is 11.0. The summed E-state index contributed by atoms with van der Waals surface area (Å²) in [4.78, 5) is 11.0. The van der Waals surface area contributed by atoms with E-state index in [-0.39, 0.29) is 0 Å². The summed E-state index contributed by atoms with van der Waals surface area (Å²) in [5, 5.41) is 12.1. The minimum atomic E-state index is -0.811. The first-order valence-corrected chi connectivity index (χ1v) is 5.04. The monoisotopic (exact) mass is 203 g/mol. The summed E-state index contributed by atoms with van der Waals surface area (Å²) >= 11 is 0. The van der Waals surface area contributed by atoms with Gasteiger partial charge in [0.1, 0.15) is 5.54 Å². The van der Waals surface area contributed by atoms with Crippen LogP contribution in [-0.4, -0.2) is 36.9 Å². The third-order valence-electron chi connectivity index (χ3n) is 2.26. The first kappa shape index (κ1) is 13.4. The van der Waals surface area contributed by atoms with Crippen LogP contribution in [-0.2, 0) is 9.53 Å². The van der Waals surface area contributed by atoms with Crippen molar-refractivity contribution in [3.8, 4) is 0 Å². The first-order chi connectivity index (χ1) is 6.56. The summed E-state index contributed by atoms with van der Waals surface area (Å²) < 4.78 is 4.90. The second-order valence-corrected chi connectivity index (χ2v) is 3.66. The van der Waals surface area contributed by atoms with Crippen molar-refractivity contribution in [2.75, 3.05) is 20.3 Å². The third kappa shape index (κ3) is 4.58. The van der Waals surface area contributed by atoms with Crippen molar-refractivity contribution in [2.24, 2.45) is 0 Å². The lowest BCUT2D eigenvalue weighted by atomic mass is 9.96. The molecule has 0 aromatic heterocycles. The third-order valence-corrected chi connectivity index (χ3v) is 2.26. The summed E-state index contributed by atoms with van der Waals surface area (Å²) in [6.45, 7) is 5.08. The number of carboxylic acid groups (broad SMARTS) is 1. The molecule has 0 radical (unpaired) electrons. The molecule has 0 aliphatic carbocycles. The molecule has 0 aliphatic heterocycles. The van der Waals surface area contributed by atoms with Crippen LogP contribution in [0.2, 0.25) is 0 Å². The van der Waals surface area contributed by atoms with Crippen LogP contribution < -0.4 is 5.32 Å². The molecule has 0 amide bonds. The molecule has 0 saturated heterocycles. The minimum Gasteiger partial charge on any atom is -0.480 e. The average molecular weight is 203 g/mol. The highest BCUT2D eigenvalue weighted by Gasteiger charge is 2.31. The normalized spacial score (nSPS) is 15.1. The molecule has 0 spiro atoms. The lowest BCUT2D eigenvalue weighted by molar-refractivity contribution is -0.144. The van der Waals surface area contributed by atoms with E-state index in [0.717, 1.165) is 19.4 Å². The van der Waals surface area contributed by atoms with Crippen molar-refractivity contribution in [1.29, 1.82) is 0 Å². The quantitative estimate of drug-likeness (QED) is 0.583. The van der Waals surface area contributed by atoms with Crippen LogP contribution in [0.25, 0.3) is 0 Å². The number of rotatable bonds is 8. The summed E-state index contributed by atoms with van der Waals surface area (Å²) in [5.74, 6) is -0.790. The minimum absolute atomic E-state index is 0.593. The smallest absolute Gasteiger partial charge is 0.323 e. The van der Waals surface area contributed by atoms with E-state index in [1.807, 2.05) is 6.92 Å². The van der Waals surface area contributed by atoms with E-state index in [1.54, 1.807) is 14.0 Å². The maximum atomic E-state index is 11.0. The Morgan fingerprint density at radius 3 is 2.64 bits per heavy atom. The molecule has 14 heavy (non-hydrogen) atoms. The number of methoxy groups -OCH3 is 1. The topological polar surface area (TPSA) is 58.6 Å². The molecule has 4 heteroatoms. The number of ether oxygens (including phenoxy) is 1. The second kappa shape index (κ2) is 6.79. The van der Waals surface area contributed by atoms with Gasteiger partial charge in [0.15, 0.2) is 0 Å². The number of carbonyl (C=O) groups is 1. The Balaban J connectivity index is 4.03. The number of hydrogen-bond donors (Lipinski definition) is 2. The molecule has 4 nitrogen and oxygen atoms in total.